The van der Waals surface area contributed by atoms with Crippen molar-refractivity contribution in [2.45, 2.75) is 18.4 Å². The van der Waals surface area contributed by atoms with E-state index in [0.717, 1.165) is 16.1 Å². The SMILES string of the molecule is Cc1nc(-c2ccncc2)sc1C(=O)NCc1ccc(S(N)(=O)=O)cc1. The van der Waals surface area contributed by atoms with E-state index in [4.69, 9.17) is 5.14 Å². The molecule has 0 bridgehead atoms. The number of sulfonamides is 1. The van der Waals surface area contributed by atoms with Gasteiger partial charge in [-0.05, 0) is 36.8 Å². The zero-order chi connectivity index (χ0) is 18.7. The number of thiazole rings is 1. The number of aryl methyl sites for hydroxylation is 1. The first-order valence-electron chi connectivity index (χ1n) is 7.62. The maximum absolute atomic E-state index is 12.4. The summed E-state index contributed by atoms with van der Waals surface area (Å²) in [6, 6.07) is 9.73. The number of aromatic nitrogens is 2. The van der Waals surface area contributed by atoms with Gasteiger partial charge in [-0.2, -0.15) is 0 Å². The molecule has 1 amide bonds. The van der Waals surface area contributed by atoms with Crippen LogP contribution in [0.15, 0.2) is 53.7 Å². The molecule has 3 rings (SSSR count). The number of carbonyl (C=O) groups excluding carboxylic acids is 1. The third-order valence-electron chi connectivity index (χ3n) is 3.64. The zero-order valence-electron chi connectivity index (χ0n) is 13.8. The Labute approximate surface area is 155 Å². The van der Waals surface area contributed by atoms with Gasteiger partial charge in [-0.3, -0.25) is 9.78 Å². The number of hydrogen-bond donors (Lipinski definition) is 2. The molecule has 1 aromatic carbocycles. The van der Waals surface area contributed by atoms with Crippen LogP contribution in [-0.4, -0.2) is 24.3 Å². The summed E-state index contributed by atoms with van der Waals surface area (Å²) in [7, 11) is -3.72. The van der Waals surface area contributed by atoms with Gasteiger partial charge in [0, 0.05) is 24.5 Å². The van der Waals surface area contributed by atoms with E-state index in [2.05, 4.69) is 15.3 Å². The summed E-state index contributed by atoms with van der Waals surface area (Å²) in [5.41, 5.74) is 2.33. The third kappa shape index (κ3) is 4.13. The summed E-state index contributed by atoms with van der Waals surface area (Å²) >= 11 is 1.31. The lowest BCUT2D eigenvalue weighted by molar-refractivity contribution is 0.0954. The highest BCUT2D eigenvalue weighted by atomic mass is 32.2. The molecular weight excluding hydrogens is 372 g/mol. The van der Waals surface area contributed by atoms with Gasteiger partial charge >= 0.3 is 0 Å². The molecule has 0 aliphatic carbocycles. The Balaban J connectivity index is 1.70. The Morgan fingerprint density at radius 2 is 1.81 bits per heavy atom. The van der Waals surface area contributed by atoms with E-state index in [1.807, 2.05) is 12.1 Å². The zero-order valence-corrected chi connectivity index (χ0v) is 15.5. The van der Waals surface area contributed by atoms with Crippen LogP contribution in [0.25, 0.3) is 10.6 Å². The molecule has 26 heavy (non-hydrogen) atoms. The number of nitrogens with one attached hydrogen (secondary N) is 1. The predicted octanol–water partition coefficient (Wildman–Crippen LogP) is 2.09. The second-order valence-corrected chi connectivity index (χ2v) is 8.10. The monoisotopic (exact) mass is 388 g/mol. The molecule has 0 saturated heterocycles. The molecule has 0 saturated carbocycles. The highest BCUT2D eigenvalue weighted by Crippen LogP contribution is 2.27. The summed E-state index contributed by atoms with van der Waals surface area (Å²) in [5, 5.41) is 8.64. The summed E-state index contributed by atoms with van der Waals surface area (Å²) in [5.74, 6) is -0.226. The third-order valence-corrected chi connectivity index (χ3v) is 5.77. The average Bonchev–Trinajstić information content (AvgIpc) is 3.02. The Bertz CT molecular complexity index is 1030. The first-order chi connectivity index (χ1) is 12.3. The number of nitrogens with two attached hydrogens (primary N) is 1. The van der Waals surface area contributed by atoms with Gasteiger partial charge in [-0.25, -0.2) is 18.5 Å². The molecule has 0 aliphatic rings. The smallest absolute Gasteiger partial charge is 0.263 e. The molecule has 0 unspecified atom stereocenters. The average molecular weight is 388 g/mol. The minimum atomic E-state index is -3.72. The van der Waals surface area contributed by atoms with E-state index in [1.54, 1.807) is 31.5 Å². The standard InChI is InChI=1S/C17H16N4O3S2/c1-11-15(25-17(21-11)13-6-8-19-9-7-13)16(22)20-10-12-2-4-14(5-3-12)26(18,23)24/h2-9H,10H2,1H3,(H,20,22)(H2,18,23,24). The second kappa shape index (κ2) is 7.32. The van der Waals surface area contributed by atoms with E-state index in [9.17, 15) is 13.2 Å². The van der Waals surface area contributed by atoms with Crippen LogP contribution in [0.4, 0.5) is 0 Å². The number of benzene rings is 1. The van der Waals surface area contributed by atoms with Crippen LogP contribution in [0.2, 0.25) is 0 Å². The molecule has 7 nitrogen and oxygen atoms in total. The van der Waals surface area contributed by atoms with Crippen molar-refractivity contribution >= 4 is 27.3 Å². The van der Waals surface area contributed by atoms with Crippen LogP contribution >= 0.6 is 11.3 Å². The summed E-state index contributed by atoms with van der Waals surface area (Å²) in [6.07, 6.45) is 3.36. The first-order valence-corrected chi connectivity index (χ1v) is 9.98. The molecule has 134 valence electrons. The summed E-state index contributed by atoms with van der Waals surface area (Å²) < 4.78 is 22.5. The Hall–Kier alpha value is -2.62. The van der Waals surface area contributed by atoms with E-state index < -0.39 is 10.0 Å². The fourth-order valence-electron chi connectivity index (χ4n) is 2.28. The van der Waals surface area contributed by atoms with Gasteiger partial charge in [-0.1, -0.05) is 12.1 Å². The van der Waals surface area contributed by atoms with E-state index in [1.165, 1.54) is 23.5 Å². The van der Waals surface area contributed by atoms with Crippen molar-refractivity contribution in [2.75, 3.05) is 0 Å². The minimum absolute atomic E-state index is 0.0351. The molecular formula is C17H16N4O3S2. The van der Waals surface area contributed by atoms with Crippen LogP contribution in [0.1, 0.15) is 20.9 Å². The normalized spacial score (nSPS) is 11.3. The number of nitrogens with zero attached hydrogens (tertiary/aromatic N) is 2. The van der Waals surface area contributed by atoms with Gasteiger partial charge in [0.05, 0.1) is 10.6 Å². The molecule has 0 atom stereocenters. The molecule has 3 N–H and O–H groups in total. The molecule has 0 fully saturated rings. The van der Waals surface area contributed by atoms with Crippen molar-refractivity contribution in [1.29, 1.82) is 0 Å². The van der Waals surface area contributed by atoms with Crippen LogP contribution in [0.3, 0.4) is 0 Å². The van der Waals surface area contributed by atoms with Gasteiger partial charge in [0.1, 0.15) is 9.88 Å². The number of amides is 1. The molecule has 3 aromatic rings. The van der Waals surface area contributed by atoms with Crippen molar-refractivity contribution in [1.82, 2.24) is 15.3 Å². The second-order valence-electron chi connectivity index (χ2n) is 5.54. The lowest BCUT2D eigenvalue weighted by Crippen LogP contribution is -2.22. The molecule has 0 spiro atoms. The Kier molecular flexibility index (Phi) is 5.12. The lowest BCUT2D eigenvalue weighted by Gasteiger charge is -2.05. The van der Waals surface area contributed by atoms with Gasteiger partial charge < -0.3 is 5.32 Å². The van der Waals surface area contributed by atoms with Crippen molar-refractivity contribution < 1.29 is 13.2 Å². The van der Waals surface area contributed by atoms with Gasteiger partial charge in [0.15, 0.2) is 0 Å². The van der Waals surface area contributed by atoms with Crippen molar-refractivity contribution in [3.05, 3.63) is 64.9 Å². The maximum Gasteiger partial charge on any atom is 0.263 e. The topological polar surface area (TPSA) is 115 Å². The largest absolute Gasteiger partial charge is 0.347 e. The summed E-state index contributed by atoms with van der Waals surface area (Å²) in [6.45, 7) is 2.06. The molecule has 0 radical (unpaired) electrons. The number of hydrogen-bond acceptors (Lipinski definition) is 6. The van der Waals surface area contributed by atoms with Crippen LogP contribution in [-0.2, 0) is 16.6 Å². The van der Waals surface area contributed by atoms with Crippen LogP contribution < -0.4 is 10.5 Å². The summed E-state index contributed by atoms with van der Waals surface area (Å²) in [4.78, 5) is 21.4. The van der Waals surface area contributed by atoms with Gasteiger partial charge in [0.2, 0.25) is 10.0 Å². The molecule has 2 heterocycles. The van der Waals surface area contributed by atoms with Crippen LogP contribution in [0.5, 0.6) is 0 Å². The quantitative estimate of drug-likeness (QED) is 0.694. The number of pyridine rings is 1. The molecule has 2 aromatic heterocycles. The highest BCUT2D eigenvalue weighted by molar-refractivity contribution is 7.89. The number of primary sulfonamides is 1. The van der Waals surface area contributed by atoms with Crippen molar-refractivity contribution in [3.8, 4) is 10.6 Å². The number of rotatable bonds is 5. The fourth-order valence-corrected chi connectivity index (χ4v) is 3.79. The van der Waals surface area contributed by atoms with E-state index in [0.29, 0.717) is 10.6 Å². The maximum atomic E-state index is 12.4. The van der Waals surface area contributed by atoms with Crippen molar-refractivity contribution in [2.24, 2.45) is 5.14 Å². The molecule has 0 aliphatic heterocycles. The Morgan fingerprint density at radius 1 is 1.15 bits per heavy atom. The highest BCUT2D eigenvalue weighted by Gasteiger charge is 2.16. The number of carbonyl (C=O) groups is 1. The minimum Gasteiger partial charge on any atom is -0.347 e. The van der Waals surface area contributed by atoms with Gasteiger partial charge in [-0.15, -0.1) is 11.3 Å². The fraction of sp³-hybridized carbons (Fsp3) is 0.118. The van der Waals surface area contributed by atoms with Crippen LogP contribution in [0, 0.1) is 6.92 Å². The molecule has 9 heteroatoms. The van der Waals surface area contributed by atoms with Gasteiger partial charge in [0.25, 0.3) is 5.91 Å². The van der Waals surface area contributed by atoms with E-state index >= 15 is 0 Å². The lowest BCUT2D eigenvalue weighted by atomic mass is 10.2. The Morgan fingerprint density at radius 3 is 2.42 bits per heavy atom. The van der Waals surface area contributed by atoms with Crippen molar-refractivity contribution in [3.63, 3.8) is 0 Å². The van der Waals surface area contributed by atoms with E-state index in [-0.39, 0.29) is 17.3 Å². The predicted molar refractivity (Wildman–Crippen MR) is 99.1 cm³/mol. The first kappa shape index (κ1) is 18.2.